The second-order valence-corrected chi connectivity index (χ2v) is 5.92. The molecular weight excluding hydrogens is 332 g/mol. The number of carbonyl (C=O) groups excluding carboxylic acids is 3. The van der Waals surface area contributed by atoms with Crippen molar-refractivity contribution in [1.29, 1.82) is 5.41 Å². The summed E-state index contributed by atoms with van der Waals surface area (Å²) in [5.41, 5.74) is 5.39. The Balaban J connectivity index is 2.59. The summed E-state index contributed by atoms with van der Waals surface area (Å²) in [4.78, 5) is 36.4. The topological polar surface area (TPSA) is 181 Å². The van der Waals surface area contributed by atoms with E-state index in [0.717, 1.165) is 0 Å². The van der Waals surface area contributed by atoms with Gasteiger partial charge in [0.2, 0.25) is 17.7 Å². The lowest BCUT2D eigenvalue weighted by Gasteiger charge is -2.38. The summed E-state index contributed by atoms with van der Waals surface area (Å²) >= 11 is 0. The molecule has 1 saturated heterocycles. The fourth-order valence-corrected chi connectivity index (χ4v) is 2.52. The molecule has 0 aromatic rings. The fraction of sp³-hybridized carbons (Fsp3) is 0.714. The predicted molar refractivity (Wildman–Crippen MR) is 88.1 cm³/mol. The van der Waals surface area contributed by atoms with Gasteiger partial charge in [-0.25, -0.2) is 0 Å². The number of hydrogen-bond donors (Lipinski definition) is 7. The third kappa shape index (κ3) is 5.87. The Bertz CT molecular complexity index is 528. The molecule has 8 N–H and O–H groups in total. The highest BCUT2D eigenvalue weighted by atomic mass is 16.3. The van der Waals surface area contributed by atoms with Crippen LogP contribution in [0, 0.1) is 5.41 Å². The van der Waals surface area contributed by atoms with E-state index in [0.29, 0.717) is 19.4 Å². The highest BCUT2D eigenvalue weighted by molar-refractivity contribution is 5.91. The van der Waals surface area contributed by atoms with Crippen LogP contribution in [0.3, 0.4) is 0 Å². The molecule has 0 aliphatic carbocycles. The second-order valence-electron chi connectivity index (χ2n) is 5.92. The molecule has 0 aromatic carbocycles. The number of aliphatic hydroxyl groups excluding tert-OH is 2. The third-order valence-electron chi connectivity index (χ3n) is 3.86. The normalized spacial score (nSPS) is 22.5. The number of guanidine groups is 1. The van der Waals surface area contributed by atoms with E-state index in [1.54, 1.807) is 0 Å². The van der Waals surface area contributed by atoms with E-state index in [9.17, 15) is 19.5 Å². The van der Waals surface area contributed by atoms with Gasteiger partial charge in [0.15, 0.2) is 5.96 Å². The van der Waals surface area contributed by atoms with Crippen molar-refractivity contribution in [3.05, 3.63) is 0 Å². The van der Waals surface area contributed by atoms with E-state index in [2.05, 4.69) is 16.0 Å². The first-order valence-electron chi connectivity index (χ1n) is 7.94. The van der Waals surface area contributed by atoms with E-state index in [-0.39, 0.29) is 5.96 Å². The Morgan fingerprint density at radius 2 is 1.96 bits per heavy atom. The van der Waals surface area contributed by atoms with Crippen molar-refractivity contribution in [2.45, 2.75) is 51.0 Å². The molecule has 1 rings (SSSR count). The maximum atomic E-state index is 12.2. The van der Waals surface area contributed by atoms with Gasteiger partial charge in [-0.1, -0.05) is 0 Å². The Labute approximate surface area is 145 Å². The average molecular weight is 358 g/mol. The third-order valence-corrected chi connectivity index (χ3v) is 3.86. The van der Waals surface area contributed by atoms with Gasteiger partial charge in [0, 0.05) is 13.5 Å². The molecule has 25 heavy (non-hydrogen) atoms. The van der Waals surface area contributed by atoms with Crippen molar-refractivity contribution >= 4 is 23.7 Å². The summed E-state index contributed by atoms with van der Waals surface area (Å²) in [5, 5.41) is 34.0. The van der Waals surface area contributed by atoms with Gasteiger partial charge >= 0.3 is 0 Å². The van der Waals surface area contributed by atoms with Gasteiger partial charge in [0.25, 0.3) is 0 Å². The fourth-order valence-electron chi connectivity index (χ4n) is 2.52. The van der Waals surface area contributed by atoms with Crippen molar-refractivity contribution in [3.63, 3.8) is 0 Å². The maximum Gasteiger partial charge on any atom is 0.245 e. The molecule has 0 spiro atoms. The number of hydrogen-bond acceptors (Lipinski definition) is 6. The van der Waals surface area contributed by atoms with Gasteiger partial charge in [0.1, 0.15) is 18.3 Å². The van der Waals surface area contributed by atoms with Crippen LogP contribution in [0.15, 0.2) is 0 Å². The summed E-state index contributed by atoms with van der Waals surface area (Å²) in [5.74, 6) is -2.01. The van der Waals surface area contributed by atoms with Gasteiger partial charge in [-0.05, 0) is 19.8 Å². The number of carbonyl (C=O) groups is 3. The van der Waals surface area contributed by atoms with E-state index in [4.69, 9.17) is 16.2 Å². The number of nitrogens with two attached hydrogens (primary N) is 1. The summed E-state index contributed by atoms with van der Waals surface area (Å²) in [6.45, 7) is 2.46. The Morgan fingerprint density at radius 1 is 1.32 bits per heavy atom. The molecule has 4 unspecified atom stereocenters. The Morgan fingerprint density at radius 3 is 2.48 bits per heavy atom. The number of amides is 3. The predicted octanol–water partition coefficient (Wildman–Crippen LogP) is -3.22. The number of likely N-dealkylation sites (tertiary alicyclic amines) is 1. The number of aliphatic hydroxyl groups is 2. The molecule has 1 aliphatic heterocycles. The van der Waals surface area contributed by atoms with Gasteiger partial charge in [-0.3, -0.25) is 19.8 Å². The zero-order chi connectivity index (χ0) is 19.1. The van der Waals surface area contributed by atoms with Crippen molar-refractivity contribution in [2.24, 2.45) is 5.73 Å². The number of piperidine rings is 1. The van der Waals surface area contributed by atoms with Crippen LogP contribution in [0.1, 0.15) is 26.7 Å². The van der Waals surface area contributed by atoms with Crippen molar-refractivity contribution < 1.29 is 24.6 Å². The molecule has 0 saturated carbocycles. The molecule has 1 aliphatic rings. The molecule has 1 fully saturated rings. The minimum absolute atomic E-state index is 0.283. The van der Waals surface area contributed by atoms with E-state index in [1.165, 1.54) is 18.7 Å². The quantitative estimate of drug-likeness (QED) is 0.192. The summed E-state index contributed by atoms with van der Waals surface area (Å²) in [6.07, 6.45) is 0.0163. The van der Waals surface area contributed by atoms with Crippen LogP contribution in [0.25, 0.3) is 0 Å². The van der Waals surface area contributed by atoms with Gasteiger partial charge in [0.05, 0.1) is 12.6 Å². The lowest BCUT2D eigenvalue weighted by Crippen LogP contribution is -2.61. The molecule has 0 aromatic heterocycles. The molecule has 1 heterocycles. The SMILES string of the molecule is CC(=O)NC(CO)C(=O)NC(C)C(=O)NC1CCCN(C(=N)N)C1O. The van der Waals surface area contributed by atoms with Crippen molar-refractivity contribution in [3.8, 4) is 0 Å². The van der Waals surface area contributed by atoms with E-state index >= 15 is 0 Å². The maximum absolute atomic E-state index is 12.2. The van der Waals surface area contributed by atoms with Crippen molar-refractivity contribution in [2.75, 3.05) is 13.2 Å². The first-order chi connectivity index (χ1) is 11.7. The zero-order valence-corrected chi connectivity index (χ0v) is 14.3. The summed E-state index contributed by atoms with van der Waals surface area (Å²) in [7, 11) is 0. The van der Waals surface area contributed by atoms with Gasteiger partial charge < -0.3 is 36.8 Å². The molecular formula is C14H26N6O5. The Kier molecular flexibility index (Phi) is 7.58. The molecule has 11 nitrogen and oxygen atoms in total. The summed E-state index contributed by atoms with van der Waals surface area (Å²) in [6, 6.07) is -2.73. The smallest absolute Gasteiger partial charge is 0.245 e. The molecule has 0 radical (unpaired) electrons. The molecule has 11 heteroatoms. The monoisotopic (exact) mass is 358 g/mol. The zero-order valence-electron chi connectivity index (χ0n) is 14.3. The Hall–Kier alpha value is -2.40. The van der Waals surface area contributed by atoms with Crippen LogP contribution in [0.2, 0.25) is 0 Å². The van der Waals surface area contributed by atoms with Crippen molar-refractivity contribution in [1.82, 2.24) is 20.9 Å². The number of nitrogens with one attached hydrogen (secondary N) is 4. The first kappa shape index (κ1) is 20.6. The second kappa shape index (κ2) is 9.18. The average Bonchev–Trinajstić information content (AvgIpc) is 2.53. The first-order valence-corrected chi connectivity index (χ1v) is 7.94. The minimum Gasteiger partial charge on any atom is -0.394 e. The highest BCUT2D eigenvalue weighted by Gasteiger charge is 2.33. The van der Waals surface area contributed by atoms with Crippen LogP contribution in [0.4, 0.5) is 0 Å². The minimum atomic E-state index is -1.15. The highest BCUT2D eigenvalue weighted by Crippen LogP contribution is 2.15. The standard InChI is InChI=1S/C14H26N6O5/c1-7(17-12(24)10(6-21)18-8(2)22)11(23)19-9-4-3-5-20(13(9)25)14(15)16/h7,9-10,13,21,25H,3-6H2,1-2H3,(H3,15,16)(H,17,24)(H,18,22)(H,19,23). The molecule has 0 bridgehead atoms. The van der Waals surface area contributed by atoms with Crippen LogP contribution in [0.5, 0.6) is 0 Å². The van der Waals surface area contributed by atoms with Gasteiger partial charge in [-0.2, -0.15) is 0 Å². The molecule has 4 atom stereocenters. The van der Waals surface area contributed by atoms with Crippen LogP contribution in [-0.2, 0) is 14.4 Å². The summed E-state index contributed by atoms with van der Waals surface area (Å²) < 4.78 is 0. The van der Waals surface area contributed by atoms with Crippen LogP contribution in [-0.4, -0.2) is 76.3 Å². The van der Waals surface area contributed by atoms with Crippen LogP contribution < -0.4 is 21.7 Å². The lowest BCUT2D eigenvalue weighted by atomic mass is 10.0. The number of nitrogens with zero attached hydrogens (tertiary/aromatic N) is 1. The largest absolute Gasteiger partial charge is 0.394 e. The van der Waals surface area contributed by atoms with E-state index < -0.39 is 48.7 Å². The molecule has 142 valence electrons. The van der Waals surface area contributed by atoms with Crippen LogP contribution >= 0.6 is 0 Å². The molecule has 3 amide bonds. The van der Waals surface area contributed by atoms with Gasteiger partial charge in [-0.15, -0.1) is 0 Å². The number of rotatable bonds is 6. The van der Waals surface area contributed by atoms with E-state index in [1.807, 2.05) is 0 Å². The lowest BCUT2D eigenvalue weighted by molar-refractivity contribution is -0.133.